The summed E-state index contributed by atoms with van der Waals surface area (Å²) < 4.78 is 33.6. The van der Waals surface area contributed by atoms with E-state index in [-0.39, 0.29) is 43.8 Å². The summed E-state index contributed by atoms with van der Waals surface area (Å²) in [5.74, 6) is -0.193. The monoisotopic (exact) mass is 1440 g/mol. The van der Waals surface area contributed by atoms with Gasteiger partial charge in [0.05, 0.1) is 25.5 Å². The van der Waals surface area contributed by atoms with Crippen molar-refractivity contribution in [2.75, 3.05) is 61.4 Å². The first-order valence-corrected chi connectivity index (χ1v) is 36.4. The molecule has 2 aliphatic carbocycles. The summed E-state index contributed by atoms with van der Waals surface area (Å²) in [4.78, 5) is 21.9. The average Bonchev–Trinajstić information content (AvgIpc) is 0.781. The van der Waals surface area contributed by atoms with E-state index in [4.69, 9.17) is 18.9 Å². The van der Waals surface area contributed by atoms with Crippen LogP contribution in [0.3, 0.4) is 0 Å². The Bertz CT molecular complexity index is 3060. The number of esters is 2. The molecule has 576 valence electrons. The lowest BCUT2D eigenvalue weighted by Gasteiger charge is -2.20. The van der Waals surface area contributed by atoms with E-state index in [0.29, 0.717) is 25.9 Å². The predicted octanol–water partition coefficient (Wildman–Crippen LogP) is 23.2. The van der Waals surface area contributed by atoms with Crippen molar-refractivity contribution >= 4 is 40.9 Å². The Morgan fingerprint density at radius 3 is 1.10 bits per heavy atom. The van der Waals surface area contributed by atoms with E-state index >= 15 is 0 Å². The molecule has 0 radical (unpaired) electrons. The standard InChI is InChI=1S/C12H10.C11H12O3.C11H12O2.2C8H8.C7H13NO.C7H13N.C7H12O2.C7H12O.C7H12.3C3H8/c1-2-4-11-9(3-1)5-6-10-7-8-12(10)11;1-13-9-14-11(12)8-7-10-5-3-2-4-6-10;1-2-13-11(12)9-8-10-6-4-3-5-7-10;1-2-4-8-6-5-7(8)3-1;1-2-8-6-4-3-5-7-8;1-4-7(5-2)8-6-9-3;1-4-7(5-2)8-6-3;1-4-7(5-2)9-6-8-3;1-4-7(5-2)8-6-3;1-4-7(5-2)6-3;3*1-3-2/h1-6H,7-8H2;2-8H,9H2,1H3;3-9H,2H2,1H3;1-4H,5-6H2;2-7H,1H2;4-5,7-8H,1-2,6H2,3H3;4-5,7-8H,1-2,6H2,3H3;4-5,7H,1-2,6H2,3H3;4-5,7H,1-2,6H2,3H3;4-5,7H,1-2,6H2,3H3;3*3H2,1-2H3/b;8-7+;9-8+;;;;;;;;;;. The second kappa shape index (κ2) is 80.5. The van der Waals surface area contributed by atoms with Crippen molar-refractivity contribution in [3.63, 3.8) is 0 Å². The number of ether oxygens (including phenoxy) is 7. The van der Waals surface area contributed by atoms with E-state index < -0.39 is 5.97 Å². The van der Waals surface area contributed by atoms with Gasteiger partial charge in [0.15, 0.2) is 6.79 Å². The number of carbonyl (C=O) groups excluding carboxylic acids is 2. The lowest BCUT2D eigenvalue weighted by molar-refractivity contribution is -0.147. The Labute approximate surface area is 639 Å². The van der Waals surface area contributed by atoms with Crippen LogP contribution in [0.5, 0.6) is 0 Å². The van der Waals surface area contributed by atoms with Crippen molar-refractivity contribution in [2.24, 2.45) is 5.92 Å². The fourth-order valence-electron chi connectivity index (χ4n) is 7.71. The van der Waals surface area contributed by atoms with Gasteiger partial charge in [-0.05, 0) is 120 Å². The van der Waals surface area contributed by atoms with Crippen LogP contribution in [-0.4, -0.2) is 97.6 Å². The van der Waals surface area contributed by atoms with Crippen LogP contribution in [-0.2, 0) is 68.4 Å². The number of hydrogen-bond donors (Lipinski definition) is 2. The third kappa shape index (κ3) is 62.0. The number of fused-ring (bicyclic) bond motifs is 4. The Balaban J connectivity index is -0.000000351. The van der Waals surface area contributed by atoms with Crippen molar-refractivity contribution in [3.8, 4) is 0 Å². The average molecular weight is 1440 g/mol. The molecule has 11 heteroatoms. The van der Waals surface area contributed by atoms with Crippen LogP contribution in [0.25, 0.3) is 29.0 Å². The van der Waals surface area contributed by atoms with Crippen LogP contribution < -0.4 is 10.6 Å². The van der Waals surface area contributed by atoms with Crippen molar-refractivity contribution in [1.29, 1.82) is 0 Å². The van der Waals surface area contributed by atoms with Crippen molar-refractivity contribution in [2.45, 2.75) is 145 Å². The Morgan fingerprint density at radius 1 is 0.400 bits per heavy atom. The molecular weight excluding hydrogens is 1300 g/mol. The predicted molar refractivity (Wildman–Crippen MR) is 459 cm³/mol. The molecule has 0 saturated carbocycles. The van der Waals surface area contributed by atoms with Crippen LogP contribution in [0.1, 0.15) is 134 Å². The van der Waals surface area contributed by atoms with Gasteiger partial charge in [-0.15, -0.1) is 65.8 Å². The number of nitrogens with one attached hydrogen (secondary N) is 2. The zero-order valence-corrected chi connectivity index (χ0v) is 66.8. The molecule has 6 aromatic carbocycles. The van der Waals surface area contributed by atoms with E-state index in [2.05, 4.69) is 213 Å². The summed E-state index contributed by atoms with van der Waals surface area (Å²) in [6, 6.07) is 51.4. The molecule has 0 spiro atoms. The minimum atomic E-state index is -0.407. The molecular formula is C94H136N2O9. The summed E-state index contributed by atoms with van der Waals surface area (Å²) in [5.41, 5.74) is 9.35. The molecule has 0 fully saturated rings. The SMILES string of the molecule is C=CC(C=C)CC.C=CC(C=C)NCC.C=CC(C=C)NCOC.C=CC(C=C)OCC.C=CC(C=C)OCOC.C=Cc1ccccc1.CCC.CCC.CCC.CCOC(=O)/C=C/c1ccccc1.COCOC(=O)/C=C/c1ccccc1.c1ccc2c(c1)CC2.c1ccc2c3c(ccc2c1)CC3. The van der Waals surface area contributed by atoms with Gasteiger partial charge in [0.1, 0.15) is 6.79 Å². The maximum absolute atomic E-state index is 11.0. The molecule has 0 aliphatic heterocycles. The molecule has 0 bridgehead atoms. The minimum absolute atomic E-state index is 0.0159. The van der Waals surface area contributed by atoms with Crippen molar-refractivity contribution < 1.29 is 42.7 Å². The second-order valence-corrected chi connectivity index (χ2v) is 22.2. The molecule has 0 heterocycles. The summed E-state index contributed by atoms with van der Waals surface area (Å²) >= 11 is 0. The molecule has 0 atom stereocenters. The molecule has 0 aromatic heterocycles. The van der Waals surface area contributed by atoms with Crippen LogP contribution >= 0.6 is 0 Å². The fraction of sp³-hybridized carbons (Fsp3) is 0.340. The van der Waals surface area contributed by atoms with Gasteiger partial charge in [0.2, 0.25) is 0 Å². The first-order valence-electron chi connectivity index (χ1n) is 36.4. The number of benzene rings is 6. The molecule has 2 aliphatic rings. The van der Waals surface area contributed by atoms with Crippen LogP contribution in [0.15, 0.2) is 297 Å². The van der Waals surface area contributed by atoms with Crippen LogP contribution in [0, 0.1) is 5.92 Å². The first kappa shape index (κ1) is 104. The van der Waals surface area contributed by atoms with Gasteiger partial charge in [0.25, 0.3) is 0 Å². The van der Waals surface area contributed by atoms with Gasteiger partial charge in [0, 0.05) is 52.2 Å². The Morgan fingerprint density at radius 2 is 0.800 bits per heavy atom. The topological polar surface area (TPSA) is 123 Å². The quantitative estimate of drug-likeness (QED) is 0.0202. The molecule has 2 N–H and O–H groups in total. The Kier molecular flexibility index (Phi) is 80.2. The molecule has 11 nitrogen and oxygen atoms in total. The normalized spacial score (nSPS) is 10.2. The first-order chi connectivity index (χ1) is 51.0. The molecule has 8 rings (SSSR count). The highest BCUT2D eigenvalue weighted by molar-refractivity contribution is 5.88. The molecule has 0 saturated heterocycles. The third-order valence-corrected chi connectivity index (χ3v) is 13.3. The molecule has 6 aromatic rings. The van der Waals surface area contributed by atoms with E-state index in [1.54, 1.807) is 92.0 Å². The number of rotatable bonds is 29. The third-order valence-electron chi connectivity index (χ3n) is 13.3. The van der Waals surface area contributed by atoms with E-state index in [1.165, 1.54) is 80.5 Å². The Hall–Kier alpha value is -9.14. The number of hydrogen-bond acceptors (Lipinski definition) is 11. The van der Waals surface area contributed by atoms with E-state index in [0.717, 1.165) is 24.1 Å². The summed E-state index contributed by atoms with van der Waals surface area (Å²) in [7, 11) is 4.67. The van der Waals surface area contributed by atoms with Gasteiger partial charge in [-0.25, -0.2) is 9.59 Å². The van der Waals surface area contributed by atoms with Gasteiger partial charge in [-0.3, -0.25) is 5.32 Å². The highest BCUT2D eigenvalue weighted by Crippen LogP contribution is 2.30. The van der Waals surface area contributed by atoms with Gasteiger partial charge in [-0.1, -0.05) is 300 Å². The van der Waals surface area contributed by atoms with Gasteiger partial charge >= 0.3 is 11.9 Å². The maximum Gasteiger partial charge on any atom is 0.332 e. The highest BCUT2D eigenvalue weighted by Gasteiger charge is 2.15. The minimum Gasteiger partial charge on any atom is -0.463 e. The van der Waals surface area contributed by atoms with Gasteiger partial charge in [-0.2, -0.15) is 0 Å². The number of aryl methyl sites for hydroxylation is 4. The molecule has 105 heavy (non-hydrogen) atoms. The van der Waals surface area contributed by atoms with Gasteiger partial charge < -0.3 is 38.5 Å². The zero-order valence-electron chi connectivity index (χ0n) is 66.8. The largest absolute Gasteiger partial charge is 0.463 e. The summed E-state index contributed by atoms with van der Waals surface area (Å²) in [6.45, 7) is 63.0. The van der Waals surface area contributed by atoms with Crippen molar-refractivity contribution in [1.82, 2.24) is 10.6 Å². The van der Waals surface area contributed by atoms with Crippen molar-refractivity contribution in [3.05, 3.63) is 336 Å². The fourth-order valence-corrected chi connectivity index (χ4v) is 7.71. The second-order valence-electron chi connectivity index (χ2n) is 22.2. The lowest BCUT2D eigenvalue weighted by atomic mass is 9.84. The summed E-state index contributed by atoms with van der Waals surface area (Å²) in [6.07, 6.45) is 35.8. The number of carbonyl (C=O) groups is 2. The van der Waals surface area contributed by atoms with E-state index in [1.807, 2.05) is 128 Å². The summed E-state index contributed by atoms with van der Waals surface area (Å²) in [5, 5.41) is 9.00. The number of likely N-dealkylation sites (N-methyl/N-ethyl adjacent to an activating group) is 1. The number of methoxy groups -OCH3 is 3. The smallest absolute Gasteiger partial charge is 0.332 e. The zero-order chi connectivity index (χ0) is 79.8. The van der Waals surface area contributed by atoms with E-state index in [9.17, 15) is 9.59 Å². The van der Waals surface area contributed by atoms with Crippen LogP contribution in [0.2, 0.25) is 0 Å². The molecule has 0 unspecified atom stereocenters. The highest BCUT2D eigenvalue weighted by atomic mass is 16.7. The number of allylic oxidation sites excluding steroid dienone is 2. The lowest BCUT2D eigenvalue weighted by Crippen LogP contribution is -2.26. The van der Waals surface area contributed by atoms with Crippen LogP contribution in [0.4, 0.5) is 0 Å². The maximum atomic E-state index is 11.0. The molecule has 0 amide bonds.